The largest absolute Gasteiger partial charge is 0.478 e. The Labute approximate surface area is 275 Å². The second-order valence-corrected chi connectivity index (χ2v) is 11.4. The highest BCUT2D eigenvalue weighted by atomic mass is 16.4. The molecule has 0 amide bonds. The maximum atomic E-state index is 9.55. The zero-order valence-corrected chi connectivity index (χ0v) is 27.7. The molecule has 2 atom stereocenters. The number of carboxylic acids is 2. The number of carbonyl (C=O) groups is 2. The number of aliphatic carboxylic acids is 2. The van der Waals surface area contributed by atoms with Gasteiger partial charge in [0, 0.05) is 12.2 Å². The van der Waals surface area contributed by atoms with Crippen LogP contribution in [0.4, 0.5) is 0 Å². The summed E-state index contributed by atoms with van der Waals surface area (Å²) in [5.41, 5.74) is 8.45. The molecule has 4 N–H and O–H groups in total. The number of hydrogen-bond donors (Lipinski definition) is 4. The van der Waals surface area contributed by atoms with Gasteiger partial charge in [0.1, 0.15) is 0 Å². The van der Waals surface area contributed by atoms with Gasteiger partial charge in [-0.3, -0.25) is 0 Å². The Morgan fingerprint density at radius 3 is 1.26 bits per heavy atom. The average molecular weight is 623 g/mol. The normalized spacial score (nSPS) is 11.8. The Hall–Kier alpha value is -4.52. The monoisotopic (exact) mass is 622 g/mol. The third kappa shape index (κ3) is 16.0. The molecule has 2 unspecified atom stereocenters. The molecule has 0 bridgehead atoms. The Balaban J connectivity index is 0.000000261. The molecule has 46 heavy (non-hydrogen) atoms. The van der Waals surface area contributed by atoms with Gasteiger partial charge in [-0.25, -0.2) is 9.59 Å². The molecular formula is C40H50N2O4. The first-order valence-electron chi connectivity index (χ1n) is 15.9. The van der Waals surface area contributed by atoms with Crippen LogP contribution in [0.1, 0.15) is 58.1 Å². The van der Waals surface area contributed by atoms with Gasteiger partial charge in [-0.2, -0.15) is 0 Å². The van der Waals surface area contributed by atoms with Crippen molar-refractivity contribution in [2.24, 2.45) is 0 Å². The standard InChI is InChI=1S/2C18H23N.C4H4O4/c2*1-15-7-6-8-16(13-15)14-18(11-12-19-2)17-9-4-3-5-10-17;5-3(6)1-2-4(7)8/h2*3-10,13,18-19H,11-12,14H2,1-2H3;1-2H,(H,5,6)(H,7,8). The van der Waals surface area contributed by atoms with Crippen LogP contribution >= 0.6 is 0 Å². The third-order valence-corrected chi connectivity index (χ3v) is 7.53. The highest BCUT2D eigenvalue weighted by Gasteiger charge is 2.13. The maximum Gasteiger partial charge on any atom is 0.328 e. The molecule has 0 heterocycles. The minimum atomic E-state index is -1.26. The summed E-state index contributed by atoms with van der Waals surface area (Å²) in [7, 11) is 4.05. The van der Waals surface area contributed by atoms with Crippen molar-refractivity contribution in [2.45, 2.75) is 51.4 Å². The fourth-order valence-electron chi connectivity index (χ4n) is 5.25. The molecule has 0 radical (unpaired) electrons. The molecule has 0 saturated carbocycles. The highest BCUT2D eigenvalue weighted by molar-refractivity contribution is 5.89. The summed E-state index contributed by atoms with van der Waals surface area (Å²) in [5, 5.41) is 22.2. The van der Waals surface area contributed by atoms with E-state index < -0.39 is 11.9 Å². The van der Waals surface area contributed by atoms with E-state index in [1.165, 1.54) is 46.2 Å². The molecule has 0 aliphatic carbocycles. The van der Waals surface area contributed by atoms with Gasteiger partial charge in [-0.1, -0.05) is 120 Å². The van der Waals surface area contributed by atoms with Crippen LogP contribution in [0.5, 0.6) is 0 Å². The van der Waals surface area contributed by atoms with E-state index in [0.717, 1.165) is 25.9 Å². The van der Waals surface area contributed by atoms with Crippen LogP contribution in [0.2, 0.25) is 0 Å². The SMILES string of the molecule is CNCCC(Cc1cccc(C)c1)c1ccccc1.CNCCC(Cc1cccc(C)c1)c1ccccc1.O=C(O)C=CC(=O)O. The van der Waals surface area contributed by atoms with E-state index in [2.05, 4.69) is 134 Å². The Bertz CT molecular complexity index is 1340. The number of nitrogens with one attached hydrogen (secondary N) is 2. The van der Waals surface area contributed by atoms with Crippen molar-refractivity contribution in [2.75, 3.05) is 27.2 Å². The zero-order chi connectivity index (χ0) is 33.6. The summed E-state index contributed by atoms with van der Waals surface area (Å²) in [6, 6.07) is 39.4. The summed E-state index contributed by atoms with van der Waals surface area (Å²) in [5.74, 6) is -1.33. The molecule has 0 fully saturated rings. The second kappa shape index (κ2) is 22.1. The van der Waals surface area contributed by atoms with Gasteiger partial charge in [0.05, 0.1) is 0 Å². The van der Waals surface area contributed by atoms with Gasteiger partial charge in [-0.15, -0.1) is 0 Å². The van der Waals surface area contributed by atoms with Crippen molar-refractivity contribution in [3.8, 4) is 0 Å². The second-order valence-electron chi connectivity index (χ2n) is 11.4. The number of benzene rings is 4. The van der Waals surface area contributed by atoms with Gasteiger partial charge in [0.25, 0.3) is 0 Å². The van der Waals surface area contributed by atoms with Gasteiger partial charge in [0.15, 0.2) is 0 Å². The van der Waals surface area contributed by atoms with E-state index in [9.17, 15) is 9.59 Å². The number of hydrogen-bond acceptors (Lipinski definition) is 4. The lowest BCUT2D eigenvalue weighted by molar-refractivity contribution is -0.134. The molecule has 6 nitrogen and oxygen atoms in total. The fourth-order valence-corrected chi connectivity index (χ4v) is 5.25. The number of rotatable bonds is 14. The number of carboxylic acid groups (broad SMARTS) is 2. The maximum absolute atomic E-state index is 9.55. The summed E-state index contributed by atoms with van der Waals surface area (Å²) < 4.78 is 0. The lowest BCUT2D eigenvalue weighted by Gasteiger charge is -2.17. The van der Waals surface area contributed by atoms with E-state index in [-0.39, 0.29) is 0 Å². The fraction of sp³-hybridized carbons (Fsp3) is 0.300. The zero-order valence-electron chi connectivity index (χ0n) is 27.7. The predicted octanol–water partition coefficient (Wildman–Crippen LogP) is 7.57. The first-order valence-corrected chi connectivity index (χ1v) is 15.9. The minimum absolute atomic E-state index is 0.558. The van der Waals surface area contributed by atoms with Crippen molar-refractivity contribution in [3.05, 3.63) is 155 Å². The first kappa shape index (κ1) is 37.7. The molecule has 4 aromatic carbocycles. The Morgan fingerprint density at radius 2 is 0.957 bits per heavy atom. The summed E-state index contributed by atoms with van der Waals surface area (Å²) in [6.07, 6.45) is 5.70. The van der Waals surface area contributed by atoms with Crippen LogP contribution in [0.3, 0.4) is 0 Å². The highest BCUT2D eigenvalue weighted by Crippen LogP contribution is 2.25. The quantitative estimate of drug-likeness (QED) is 0.108. The molecular weight excluding hydrogens is 572 g/mol. The average Bonchev–Trinajstić information content (AvgIpc) is 3.05. The lowest BCUT2D eigenvalue weighted by atomic mass is 9.89. The molecule has 0 aromatic heterocycles. The first-order chi connectivity index (χ1) is 22.2. The molecule has 244 valence electrons. The molecule has 0 aliphatic heterocycles. The van der Waals surface area contributed by atoms with Gasteiger partial charge >= 0.3 is 11.9 Å². The smallest absolute Gasteiger partial charge is 0.328 e. The summed E-state index contributed by atoms with van der Waals surface area (Å²) in [4.78, 5) is 19.1. The van der Waals surface area contributed by atoms with Crippen LogP contribution in [0.25, 0.3) is 0 Å². The van der Waals surface area contributed by atoms with Gasteiger partial charge < -0.3 is 20.8 Å². The molecule has 4 aromatic rings. The molecule has 0 spiro atoms. The van der Waals surface area contributed by atoms with Crippen molar-refractivity contribution in [1.82, 2.24) is 10.6 Å². The van der Waals surface area contributed by atoms with Crippen LogP contribution in [0.15, 0.2) is 121 Å². The van der Waals surface area contributed by atoms with E-state index in [4.69, 9.17) is 10.2 Å². The van der Waals surface area contributed by atoms with Crippen LogP contribution < -0.4 is 10.6 Å². The van der Waals surface area contributed by atoms with E-state index >= 15 is 0 Å². The van der Waals surface area contributed by atoms with Crippen molar-refractivity contribution < 1.29 is 19.8 Å². The summed E-state index contributed by atoms with van der Waals surface area (Å²) >= 11 is 0. The molecule has 4 rings (SSSR count). The molecule has 0 saturated heterocycles. The van der Waals surface area contributed by atoms with Crippen LogP contribution in [-0.2, 0) is 22.4 Å². The third-order valence-electron chi connectivity index (χ3n) is 7.53. The van der Waals surface area contributed by atoms with E-state index in [1.807, 2.05) is 14.1 Å². The van der Waals surface area contributed by atoms with Crippen molar-refractivity contribution in [1.29, 1.82) is 0 Å². The Morgan fingerprint density at radius 1 is 0.587 bits per heavy atom. The molecule has 6 heteroatoms. The topological polar surface area (TPSA) is 98.7 Å². The Kier molecular flexibility index (Phi) is 18.1. The summed E-state index contributed by atoms with van der Waals surface area (Å²) in [6.45, 7) is 6.44. The lowest BCUT2D eigenvalue weighted by Crippen LogP contribution is -2.14. The van der Waals surface area contributed by atoms with Gasteiger partial charge in [0.2, 0.25) is 0 Å². The van der Waals surface area contributed by atoms with Crippen LogP contribution in [-0.4, -0.2) is 49.3 Å². The van der Waals surface area contributed by atoms with Crippen molar-refractivity contribution >= 4 is 11.9 Å². The molecule has 0 aliphatic rings. The van der Waals surface area contributed by atoms with E-state index in [0.29, 0.717) is 24.0 Å². The van der Waals surface area contributed by atoms with Crippen molar-refractivity contribution in [3.63, 3.8) is 0 Å². The van der Waals surface area contributed by atoms with E-state index in [1.54, 1.807) is 0 Å². The minimum Gasteiger partial charge on any atom is -0.478 e. The van der Waals surface area contributed by atoms with Crippen LogP contribution in [0, 0.1) is 13.8 Å². The van der Waals surface area contributed by atoms with Gasteiger partial charge in [-0.05, 0) is 101 Å². The predicted molar refractivity (Wildman–Crippen MR) is 190 cm³/mol. The number of aryl methyl sites for hydroxylation is 2.